The molecule has 0 aliphatic rings. The maximum absolute atomic E-state index is 12.5. The van der Waals surface area contributed by atoms with Gasteiger partial charge in [-0.1, -0.05) is 51.1 Å². The molecule has 0 saturated heterocycles. The minimum atomic E-state index is -0.835. The summed E-state index contributed by atoms with van der Waals surface area (Å²) in [6.45, 7) is 7.92. The molecular formula is C23H28N6O3. The van der Waals surface area contributed by atoms with Gasteiger partial charge in [0.25, 0.3) is 0 Å². The van der Waals surface area contributed by atoms with Gasteiger partial charge in [0.05, 0.1) is 6.54 Å². The second-order valence-corrected chi connectivity index (χ2v) is 8.53. The molecule has 3 aromatic rings. The van der Waals surface area contributed by atoms with Gasteiger partial charge in [0.15, 0.2) is 0 Å². The highest BCUT2D eigenvalue weighted by molar-refractivity contribution is 6.00. The Hall–Kier alpha value is -3.88. The van der Waals surface area contributed by atoms with Gasteiger partial charge in [0.1, 0.15) is 11.9 Å². The van der Waals surface area contributed by atoms with Crippen molar-refractivity contribution >= 4 is 40.4 Å². The van der Waals surface area contributed by atoms with E-state index in [-0.39, 0.29) is 11.4 Å². The van der Waals surface area contributed by atoms with Crippen molar-refractivity contribution in [2.75, 3.05) is 22.5 Å². The second kappa shape index (κ2) is 9.51. The van der Waals surface area contributed by atoms with E-state index in [0.29, 0.717) is 23.7 Å². The number of ether oxygens (including phenoxy) is 1. The summed E-state index contributed by atoms with van der Waals surface area (Å²) in [5, 5.41) is 10.7. The Morgan fingerprint density at radius 3 is 2.44 bits per heavy atom. The topological polar surface area (TPSA) is 131 Å². The fraction of sp³-hybridized carbons (Fsp3) is 0.304. The molecule has 3 rings (SSSR count). The number of rotatable bonds is 6. The normalized spacial score (nSPS) is 12.1. The summed E-state index contributed by atoms with van der Waals surface area (Å²) in [5.74, 6) is 0.634. The predicted molar refractivity (Wildman–Crippen MR) is 126 cm³/mol. The number of aryl methyl sites for hydroxylation is 1. The molecule has 5 N–H and O–H groups in total. The monoisotopic (exact) mass is 436 g/mol. The number of nitrogens with one attached hydrogen (secondary N) is 3. The number of nitrogens with two attached hydrogens (primary N) is 1. The van der Waals surface area contributed by atoms with Gasteiger partial charge in [-0.2, -0.15) is 4.98 Å². The number of hydrogen-bond acceptors (Lipinski definition) is 6. The molecule has 2 aromatic carbocycles. The molecule has 3 amide bonds. The average Bonchev–Trinajstić information content (AvgIpc) is 2.69. The lowest BCUT2D eigenvalue weighted by Gasteiger charge is -2.29. The van der Waals surface area contributed by atoms with E-state index in [1.165, 1.54) is 0 Å². The Morgan fingerprint density at radius 1 is 1.03 bits per heavy atom. The number of urea groups is 1. The molecule has 1 heterocycles. The summed E-state index contributed by atoms with van der Waals surface area (Å²) in [6, 6.07) is 14.8. The van der Waals surface area contributed by atoms with E-state index in [1.54, 1.807) is 13.0 Å². The average molecular weight is 437 g/mol. The molecule has 0 saturated carbocycles. The summed E-state index contributed by atoms with van der Waals surface area (Å²) in [7, 11) is 0. The molecule has 32 heavy (non-hydrogen) atoms. The first-order valence-electron chi connectivity index (χ1n) is 10.2. The zero-order chi connectivity index (χ0) is 23.3. The number of amides is 3. The zero-order valence-electron chi connectivity index (χ0n) is 18.6. The highest BCUT2D eigenvalue weighted by Crippen LogP contribution is 2.23. The van der Waals surface area contributed by atoms with Crippen molar-refractivity contribution in [2.45, 2.75) is 33.8 Å². The van der Waals surface area contributed by atoms with Crippen LogP contribution < -0.4 is 21.7 Å². The predicted octanol–water partition coefficient (Wildman–Crippen LogP) is 4.50. The molecule has 1 aromatic heterocycles. The van der Waals surface area contributed by atoms with E-state index in [9.17, 15) is 9.59 Å². The summed E-state index contributed by atoms with van der Waals surface area (Å²) in [4.78, 5) is 32.3. The van der Waals surface area contributed by atoms with E-state index in [2.05, 4.69) is 25.9 Å². The number of fused-ring (bicyclic) bond motifs is 1. The van der Waals surface area contributed by atoms with Crippen LogP contribution in [0.3, 0.4) is 0 Å². The maximum Gasteiger partial charge on any atom is 0.404 e. The Balaban J connectivity index is 1.66. The van der Waals surface area contributed by atoms with Crippen LogP contribution >= 0.6 is 0 Å². The lowest BCUT2D eigenvalue weighted by molar-refractivity contribution is 0.0457. The van der Waals surface area contributed by atoms with E-state index in [0.717, 1.165) is 10.8 Å². The number of nitrogens with zero attached hydrogens (tertiary/aromatic N) is 2. The first-order valence-corrected chi connectivity index (χ1v) is 10.2. The molecule has 0 aliphatic carbocycles. The minimum absolute atomic E-state index is 0.147. The lowest BCUT2D eigenvalue weighted by atomic mass is 9.89. The number of carbonyl (C=O) groups excluding carboxylic acids is 2. The summed E-state index contributed by atoms with van der Waals surface area (Å²) < 4.78 is 5.21. The molecule has 0 spiro atoms. The third-order valence-corrected chi connectivity index (χ3v) is 4.78. The second-order valence-electron chi connectivity index (χ2n) is 8.53. The van der Waals surface area contributed by atoms with Gasteiger partial charge >= 0.3 is 12.1 Å². The largest absolute Gasteiger partial charge is 0.444 e. The Bertz CT molecular complexity index is 1130. The van der Waals surface area contributed by atoms with Crippen molar-refractivity contribution < 1.29 is 14.3 Å². The third kappa shape index (κ3) is 6.31. The Labute approximate surface area is 186 Å². The summed E-state index contributed by atoms with van der Waals surface area (Å²) in [5.41, 5.74) is 6.17. The molecule has 1 atom stereocenters. The number of anilines is 3. The van der Waals surface area contributed by atoms with Crippen LogP contribution in [0.2, 0.25) is 0 Å². The van der Waals surface area contributed by atoms with Gasteiger partial charge in [-0.05, 0) is 29.8 Å². The fourth-order valence-corrected chi connectivity index (χ4v) is 3.11. The SMILES string of the molecule is Cc1cc(NCC(OC(N)=O)C(C)(C)C)nc(NC(=O)Nc2ccc3ccccc3c2)n1. The Morgan fingerprint density at radius 2 is 1.75 bits per heavy atom. The van der Waals surface area contributed by atoms with Crippen LogP contribution in [0.15, 0.2) is 48.5 Å². The van der Waals surface area contributed by atoms with Crippen LogP contribution in [0, 0.1) is 12.3 Å². The van der Waals surface area contributed by atoms with E-state index in [4.69, 9.17) is 10.5 Å². The summed E-state index contributed by atoms with van der Waals surface area (Å²) in [6.07, 6.45) is -1.30. The van der Waals surface area contributed by atoms with Gasteiger partial charge in [0, 0.05) is 22.9 Å². The smallest absolute Gasteiger partial charge is 0.404 e. The first kappa shape index (κ1) is 22.8. The van der Waals surface area contributed by atoms with Crippen LogP contribution in [0.1, 0.15) is 26.5 Å². The highest BCUT2D eigenvalue weighted by atomic mass is 16.6. The maximum atomic E-state index is 12.5. The fourth-order valence-electron chi connectivity index (χ4n) is 3.11. The molecule has 0 aliphatic heterocycles. The van der Waals surface area contributed by atoms with Crippen molar-refractivity contribution in [3.8, 4) is 0 Å². The Kier molecular flexibility index (Phi) is 6.77. The number of benzene rings is 2. The van der Waals surface area contributed by atoms with Gasteiger partial charge in [-0.25, -0.2) is 14.6 Å². The van der Waals surface area contributed by atoms with Gasteiger partial charge in [-0.3, -0.25) is 5.32 Å². The summed E-state index contributed by atoms with van der Waals surface area (Å²) >= 11 is 0. The lowest BCUT2D eigenvalue weighted by Crippen LogP contribution is -2.39. The van der Waals surface area contributed by atoms with Crippen LogP contribution in [0.4, 0.5) is 27.0 Å². The van der Waals surface area contributed by atoms with E-state index < -0.39 is 18.2 Å². The minimum Gasteiger partial charge on any atom is -0.444 e. The quantitative estimate of drug-likeness (QED) is 0.450. The van der Waals surface area contributed by atoms with Crippen LogP contribution in [0.5, 0.6) is 0 Å². The van der Waals surface area contributed by atoms with Crippen molar-refractivity contribution in [1.82, 2.24) is 9.97 Å². The number of hydrogen-bond donors (Lipinski definition) is 4. The van der Waals surface area contributed by atoms with Gasteiger partial charge < -0.3 is 21.1 Å². The standard InChI is InChI=1S/C23H28N6O3/c1-14-11-19(25-13-18(23(2,3)4)32-20(24)30)28-21(26-14)29-22(31)27-17-10-9-15-7-5-6-8-16(15)12-17/h5-12,18H,13H2,1-4H3,(H2,24,30)(H3,25,26,27,28,29,31). The van der Waals surface area contributed by atoms with Gasteiger partial charge in [-0.15, -0.1) is 0 Å². The molecule has 0 radical (unpaired) electrons. The van der Waals surface area contributed by atoms with Gasteiger partial charge in [0.2, 0.25) is 5.95 Å². The molecule has 1 unspecified atom stereocenters. The number of carbonyl (C=O) groups is 2. The molecular weight excluding hydrogens is 408 g/mol. The van der Waals surface area contributed by atoms with Crippen molar-refractivity contribution in [1.29, 1.82) is 0 Å². The molecule has 168 valence electrons. The third-order valence-electron chi connectivity index (χ3n) is 4.78. The number of primary amides is 1. The van der Waals surface area contributed by atoms with Crippen molar-refractivity contribution in [2.24, 2.45) is 11.1 Å². The van der Waals surface area contributed by atoms with Crippen LogP contribution in [-0.2, 0) is 4.74 Å². The van der Waals surface area contributed by atoms with Crippen molar-refractivity contribution in [3.63, 3.8) is 0 Å². The van der Waals surface area contributed by atoms with Crippen molar-refractivity contribution in [3.05, 3.63) is 54.2 Å². The highest BCUT2D eigenvalue weighted by Gasteiger charge is 2.27. The zero-order valence-corrected chi connectivity index (χ0v) is 18.6. The first-order chi connectivity index (χ1) is 15.1. The molecule has 0 bridgehead atoms. The molecule has 9 nitrogen and oxygen atoms in total. The van der Waals surface area contributed by atoms with E-state index >= 15 is 0 Å². The van der Waals surface area contributed by atoms with Crippen LogP contribution in [0.25, 0.3) is 10.8 Å². The molecule has 0 fully saturated rings. The number of aromatic nitrogens is 2. The molecule has 9 heteroatoms. The van der Waals surface area contributed by atoms with E-state index in [1.807, 2.05) is 63.2 Å². The van der Waals surface area contributed by atoms with Crippen LogP contribution in [-0.4, -0.2) is 34.7 Å².